The first-order valence-corrected chi connectivity index (χ1v) is 10.2. The summed E-state index contributed by atoms with van der Waals surface area (Å²) in [5, 5.41) is 12.8. The van der Waals surface area contributed by atoms with Crippen molar-refractivity contribution in [2.45, 2.75) is 45.6 Å². The zero-order valence-electron chi connectivity index (χ0n) is 18.6. The average molecular weight is 478 g/mol. The van der Waals surface area contributed by atoms with E-state index in [0.29, 0.717) is 0 Å². The molecular weight excluding hydrogens is 448 g/mol. The van der Waals surface area contributed by atoms with Gasteiger partial charge in [0.15, 0.2) is 0 Å². The molecule has 14 nitrogen and oxygen atoms in total. The van der Waals surface area contributed by atoms with E-state index in [1.165, 1.54) is 6.92 Å². The molecule has 0 fully saturated rings. The first-order valence-electron chi connectivity index (χ1n) is 10.2. The summed E-state index contributed by atoms with van der Waals surface area (Å²) in [5.74, 6) is -3.05. The second-order valence-electron chi connectivity index (χ2n) is 6.37. The normalized spacial score (nSPS) is 10.8. The van der Waals surface area contributed by atoms with E-state index in [2.05, 4.69) is 15.4 Å². The van der Waals surface area contributed by atoms with E-state index < -0.39 is 48.7 Å². The third-order valence-corrected chi connectivity index (χ3v) is 3.40. The number of carboxylic acid groups (broad SMARTS) is 1. The molecule has 33 heavy (non-hydrogen) atoms. The summed E-state index contributed by atoms with van der Waals surface area (Å²) in [7, 11) is 0. The van der Waals surface area contributed by atoms with Crippen molar-refractivity contribution in [2.24, 2.45) is 0 Å². The molecule has 0 radical (unpaired) electrons. The molecule has 0 aromatic heterocycles. The number of carbonyl (C=O) groups excluding carboxylic acids is 5. The van der Waals surface area contributed by atoms with E-state index in [1.807, 2.05) is 0 Å². The van der Waals surface area contributed by atoms with Gasteiger partial charge in [-0.25, -0.2) is 9.59 Å². The molecule has 0 aromatic carbocycles. The molecular formula is C19H30N2O12. The van der Waals surface area contributed by atoms with Crippen LogP contribution in [0.5, 0.6) is 0 Å². The third kappa shape index (κ3) is 18.9. The maximum absolute atomic E-state index is 11.7. The Kier molecular flexibility index (Phi) is 16.1. The minimum absolute atomic E-state index is 0.0504. The fraction of sp³-hybridized carbons (Fsp3) is 0.684. The molecule has 2 amide bonds. The lowest BCUT2D eigenvalue weighted by Gasteiger charge is -2.14. The predicted octanol–water partition coefficient (Wildman–Crippen LogP) is 0.122. The van der Waals surface area contributed by atoms with Crippen molar-refractivity contribution in [1.29, 1.82) is 0 Å². The average Bonchev–Trinajstić information content (AvgIpc) is 2.75. The molecule has 0 aliphatic rings. The maximum Gasteiger partial charge on any atom is 0.408 e. The molecule has 0 spiro atoms. The summed E-state index contributed by atoms with van der Waals surface area (Å²) in [6, 6.07) is 0. The molecule has 0 aliphatic carbocycles. The number of amides is 2. The number of carboxylic acids is 1. The van der Waals surface area contributed by atoms with Crippen LogP contribution >= 0.6 is 0 Å². The Balaban J connectivity index is 3.79. The van der Waals surface area contributed by atoms with Crippen molar-refractivity contribution in [3.8, 4) is 0 Å². The number of hydrogen-bond acceptors (Lipinski definition) is 11. The largest absolute Gasteiger partial charge is 0.481 e. The summed E-state index contributed by atoms with van der Waals surface area (Å²) in [5.41, 5.74) is 0. The number of ether oxygens (including phenoxy) is 5. The van der Waals surface area contributed by atoms with Crippen LogP contribution in [0.15, 0.2) is 0 Å². The minimum atomic E-state index is -1.01. The van der Waals surface area contributed by atoms with Crippen LogP contribution in [0, 0.1) is 0 Å². The summed E-state index contributed by atoms with van der Waals surface area (Å²) in [6.45, 7) is 2.06. The van der Waals surface area contributed by atoms with Crippen molar-refractivity contribution in [3.63, 3.8) is 0 Å². The van der Waals surface area contributed by atoms with Crippen LogP contribution in [-0.2, 0) is 42.9 Å². The maximum atomic E-state index is 11.7. The van der Waals surface area contributed by atoms with E-state index in [9.17, 15) is 28.8 Å². The second-order valence-corrected chi connectivity index (χ2v) is 6.37. The number of aliphatic carboxylic acids is 1. The smallest absolute Gasteiger partial charge is 0.408 e. The molecule has 0 bridgehead atoms. The van der Waals surface area contributed by atoms with E-state index in [4.69, 9.17) is 24.1 Å². The van der Waals surface area contributed by atoms with Crippen LogP contribution in [0.3, 0.4) is 0 Å². The topological polar surface area (TPSA) is 193 Å². The number of hydrogen-bond donors (Lipinski definition) is 3. The lowest BCUT2D eigenvalue weighted by molar-refractivity contribution is -0.148. The molecule has 0 aliphatic heterocycles. The van der Waals surface area contributed by atoms with Gasteiger partial charge >= 0.3 is 36.1 Å². The molecule has 0 heterocycles. The van der Waals surface area contributed by atoms with E-state index in [1.54, 1.807) is 6.92 Å². The van der Waals surface area contributed by atoms with Gasteiger partial charge in [0.25, 0.3) is 0 Å². The lowest BCUT2D eigenvalue weighted by Crippen LogP contribution is -2.34. The van der Waals surface area contributed by atoms with Crippen molar-refractivity contribution in [1.82, 2.24) is 10.6 Å². The van der Waals surface area contributed by atoms with Gasteiger partial charge in [0.05, 0.1) is 19.8 Å². The zero-order chi connectivity index (χ0) is 25.1. The summed E-state index contributed by atoms with van der Waals surface area (Å²) >= 11 is 0. The lowest BCUT2D eigenvalue weighted by atomic mass is 10.3. The fourth-order valence-electron chi connectivity index (χ4n) is 1.93. The number of carbonyl (C=O) groups is 6. The Hall–Kier alpha value is -3.58. The van der Waals surface area contributed by atoms with Gasteiger partial charge in [0.2, 0.25) is 0 Å². The summed E-state index contributed by atoms with van der Waals surface area (Å²) < 4.78 is 24.0. The van der Waals surface area contributed by atoms with Crippen molar-refractivity contribution in [3.05, 3.63) is 0 Å². The van der Waals surface area contributed by atoms with Crippen LogP contribution in [0.25, 0.3) is 0 Å². The molecule has 1 atom stereocenters. The highest BCUT2D eigenvalue weighted by atomic mass is 16.6. The van der Waals surface area contributed by atoms with Crippen LogP contribution < -0.4 is 10.6 Å². The highest BCUT2D eigenvalue weighted by Gasteiger charge is 2.14. The molecule has 188 valence electrons. The molecule has 14 heteroatoms. The summed E-state index contributed by atoms with van der Waals surface area (Å²) in [6.07, 6.45) is -2.31. The zero-order valence-corrected chi connectivity index (χ0v) is 18.6. The highest BCUT2D eigenvalue weighted by Crippen LogP contribution is 1.99. The van der Waals surface area contributed by atoms with Crippen molar-refractivity contribution < 1.29 is 57.6 Å². The van der Waals surface area contributed by atoms with Gasteiger partial charge in [-0.3, -0.25) is 19.2 Å². The summed E-state index contributed by atoms with van der Waals surface area (Å²) in [4.78, 5) is 67.4. The van der Waals surface area contributed by atoms with Crippen molar-refractivity contribution in [2.75, 3.05) is 39.5 Å². The van der Waals surface area contributed by atoms with Crippen LogP contribution in [0.2, 0.25) is 0 Å². The molecule has 0 aromatic rings. The highest BCUT2D eigenvalue weighted by molar-refractivity contribution is 5.78. The van der Waals surface area contributed by atoms with Crippen LogP contribution in [0.1, 0.15) is 39.5 Å². The van der Waals surface area contributed by atoms with Gasteiger partial charge in [-0.15, -0.1) is 0 Å². The molecule has 0 saturated carbocycles. The van der Waals surface area contributed by atoms with Gasteiger partial charge < -0.3 is 39.4 Å². The molecule has 0 rings (SSSR count). The minimum Gasteiger partial charge on any atom is -0.481 e. The number of rotatable bonds is 16. The van der Waals surface area contributed by atoms with Gasteiger partial charge in [-0.2, -0.15) is 0 Å². The number of esters is 3. The number of alkyl carbamates (subject to hydrolysis) is 2. The predicted molar refractivity (Wildman–Crippen MR) is 108 cm³/mol. The Morgan fingerprint density at radius 2 is 1.30 bits per heavy atom. The second kappa shape index (κ2) is 18.0. The first kappa shape index (κ1) is 29.4. The van der Waals surface area contributed by atoms with Gasteiger partial charge in [-0.05, 0) is 26.7 Å². The van der Waals surface area contributed by atoms with Crippen LogP contribution in [-0.4, -0.2) is 86.8 Å². The van der Waals surface area contributed by atoms with Gasteiger partial charge in [-0.1, -0.05) is 0 Å². The van der Waals surface area contributed by atoms with E-state index in [-0.39, 0.29) is 58.7 Å². The monoisotopic (exact) mass is 478 g/mol. The molecule has 1 unspecified atom stereocenters. The van der Waals surface area contributed by atoms with E-state index >= 15 is 0 Å². The van der Waals surface area contributed by atoms with Crippen LogP contribution in [0.4, 0.5) is 9.59 Å². The quantitative estimate of drug-likeness (QED) is 0.154. The van der Waals surface area contributed by atoms with Gasteiger partial charge in [0.1, 0.15) is 25.8 Å². The standard InChI is InChI=1S/C19H30N2O12/c1-3-29-18(27)20-10-16(25)31-9-5-7-15(24)32-12-13(2)33-19(28)21-11-17(26)30-8-4-6-14(22)23/h13H,3-12H2,1-2H3,(H,20,27)(H,21,28)(H,22,23). The molecule has 0 saturated heterocycles. The molecule has 3 N–H and O–H groups in total. The SMILES string of the molecule is CCOC(=O)NCC(=O)OCCCC(=O)OCC(C)OC(=O)NCC(=O)OCCCC(=O)O. The number of nitrogens with one attached hydrogen (secondary N) is 2. The third-order valence-electron chi connectivity index (χ3n) is 3.40. The van der Waals surface area contributed by atoms with Crippen molar-refractivity contribution >= 4 is 36.1 Å². The Labute approximate surface area is 190 Å². The van der Waals surface area contributed by atoms with Gasteiger partial charge in [0, 0.05) is 12.8 Å². The fourth-order valence-corrected chi connectivity index (χ4v) is 1.93. The Bertz CT molecular complexity index is 667. The Morgan fingerprint density at radius 1 is 0.758 bits per heavy atom. The van der Waals surface area contributed by atoms with E-state index in [0.717, 1.165) is 0 Å². The Morgan fingerprint density at radius 3 is 1.85 bits per heavy atom. The first-order chi connectivity index (χ1) is 15.6.